The van der Waals surface area contributed by atoms with E-state index in [9.17, 15) is 10.1 Å². The van der Waals surface area contributed by atoms with Crippen molar-refractivity contribution in [3.8, 4) is 22.6 Å². The number of halogens is 1. The molecule has 1 aromatic heterocycles. The third kappa shape index (κ3) is 3.38. The second-order valence-corrected chi connectivity index (χ2v) is 10.3. The molecule has 0 amide bonds. The normalized spacial score (nSPS) is 22.9. The quantitative estimate of drug-likeness (QED) is 0.168. The van der Waals surface area contributed by atoms with Crippen LogP contribution in [-0.4, -0.2) is 15.6 Å². The molecule has 4 atom stereocenters. The van der Waals surface area contributed by atoms with Crippen molar-refractivity contribution < 1.29 is 9.34 Å². The van der Waals surface area contributed by atoms with Gasteiger partial charge in [0.05, 0.1) is 4.92 Å². The molecule has 1 saturated carbocycles. The summed E-state index contributed by atoms with van der Waals surface area (Å²) in [7, 11) is 0. The van der Waals surface area contributed by atoms with Crippen molar-refractivity contribution in [2.24, 2.45) is 0 Å². The van der Waals surface area contributed by atoms with Crippen molar-refractivity contribution in [3.05, 3.63) is 106 Å². The van der Waals surface area contributed by atoms with Crippen molar-refractivity contribution in [1.82, 2.24) is 0 Å². The Labute approximate surface area is 200 Å². The molecule has 4 aromatic rings. The van der Waals surface area contributed by atoms with Gasteiger partial charge in [-0.1, -0.05) is 60.7 Å². The highest BCUT2D eigenvalue weighted by molar-refractivity contribution is 8.00. The van der Waals surface area contributed by atoms with Gasteiger partial charge in [-0.15, -0.1) is 23.4 Å². The first-order valence-corrected chi connectivity index (χ1v) is 12.3. The van der Waals surface area contributed by atoms with E-state index < -0.39 is 0 Å². The van der Waals surface area contributed by atoms with Crippen molar-refractivity contribution in [1.29, 1.82) is 0 Å². The first-order valence-electron chi connectivity index (χ1n) is 10.9. The summed E-state index contributed by atoms with van der Waals surface area (Å²) in [4.78, 5) is 11.7. The van der Waals surface area contributed by atoms with Crippen LogP contribution in [0.3, 0.4) is 0 Å². The zero-order chi connectivity index (χ0) is 22.5. The molecule has 164 valence electrons. The molecule has 2 aliphatic rings. The molecule has 0 radical (unpaired) electrons. The molecule has 0 aliphatic heterocycles. The van der Waals surface area contributed by atoms with Crippen LogP contribution in [0.1, 0.15) is 29.4 Å². The average Bonchev–Trinajstić information content (AvgIpc) is 3.47. The number of furan rings is 1. The molecule has 0 N–H and O–H groups in total. The summed E-state index contributed by atoms with van der Waals surface area (Å²) in [5.74, 6) is 2.28. The van der Waals surface area contributed by atoms with Gasteiger partial charge in [0.2, 0.25) is 0 Å². The molecule has 0 saturated heterocycles. The van der Waals surface area contributed by atoms with Gasteiger partial charge in [0.15, 0.2) is 0 Å². The fraction of sp³-hybridized carbons (Fsp3) is 0.185. The Morgan fingerprint density at radius 3 is 2.00 bits per heavy atom. The molecular formula is C27H20ClNO3S. The van der Waals surface area contributed by atoms with Gasteiger partial charge in [0, 0.05) is 61.7 Å². The van der Waals surface area contributed by atoms with Gasteiger partial charge in [-0.3, -0.25) is 10.1 Å². The predicted molar refractivity (Wildman–Crippen MR) is 132 cm³/mol. The first kappa shape index (κ1) is 20.6. The highest BCUT2D eigenvalue weighted by Gasteiger charge is 2.55. The number of nitro benzene ring substituents is 1. The minimum Gasteiger partial charge on any atom is -0.455 e. The fourth-order valence-electron chi connectivity index (χ4n) is 5.33. The van der Waals surface area contributed by atoms with Gasteiger partial charge in [-0.05, 0) is 18.6 Å². The summed E-state index contributed by atoms with van der Waals surface area (Å²) in [6.45, 7) is 0. The lowest BCUT2D eigenvalue weighted by Crippen LogP contribution is -2.12. The number of fused-ring (bicyclic) bond motifs is 5. The molecule has 1 heterocycles. The zero-order valence-electron chi connectivity index (χ0n) is 17.6. The van der Waals surface area contributed by atoms with Crippen LogP contribution < -0.4 is 0 Å². The van der Waals surface area contributed by atoms with Gasteiger partial charge in [0.1, 0.15) is 11.5 Å². The van der Waals surface area contributed by atoms with Gasteiger partial charge >= 0.3 is 0 Å². The summed E-state index contributed by atoms with van der Waals surface area (Å²) >= 11 is 8.71. The Morgan fingerprint density at radius 2 is 1.42 bits per heavy atom. The van der Waals surface area contributed by atoms with E-state index in [-0.39, 0.29) is 33.1 Å². The SMILES string of the molecule is O=[N+]([O-])c1ccc(S[C@@H]2[C@H]3c4c(-c5ccccc5)oc(-c5ccccc5)c4[C@@H]2C[C@H]3Cl)cc1. The van der Waals surface area contributed by atoms with Crippen molar-refractivity contribution in [2.45, 2.75) is 33.8 Å². The Kier molecular flexibility index (Phi) is 5.04. The van der Waals surface area contributed by atoms with E-state index in [4.69, 9.17) is 16.0 Å². The predicted octanol–water partition coefficient (Wildman–Crippen LogP) is 7.87. The van der Waals surface area contributed by atoms with E-state index >= 15 is 0 Å². The number of non-ortho nitro benzene ring substituents is 1. The van der Waals surface area contributed by atoms with Gasteiger partial charge in [-0.2, -0.15) is 0 Å². The number of hydrogen-bond acceptors (Lipinski definition) is 4. The Hall–Kier alpha value is -3.02. The fourth-order valence-corrected chi connectivity index (χ4v) is 7.38. The smallest absolute Gasteiger partial charge is 0.269 e. The lowest BCUT2D eigenvalue weighted by Gasteiger charge is -2.19. The average molecular weight is 474 g/mol. The van der Waals surface area contributed by atoms with Crippen molar-refractivity contribution >= 4 is 29.1 Å². The maximum atomic E-state index is 11.0. The number of nitrogens with zero attached hydrogens (tertiary/aromatic N) is 1. The molecule has 2 aliphatic carbocycles. The third-order valence-electron chi connectivity index (χ3n) is 6.70. The van der Waals surface area contributed by atoms with Crippen molar-refractivity contribution in [2.75, 3.05) is 0 Å². The molecule has 33 heavy (non-hydrogen) atoms. The van der Waals surface area contributed by atoms with Crippen LogP contribution in [0.4, 0.5) is 5.69 Å². The molecule has 3 aromatic carbocycles. The number of hydrogen-bond donors (Lipinski definition) is 0. The van der Waals surface area contributed by atoms with E-state index in [0.29, 0.717) is 0 Å². The van der Waals surface area contributed by atoms with E-state index in [1.54, 1.807) is 23.9 Å². The number of alkyl halides is 1. The minimum atomic E-state index is -0.363. The van der Waals surface area contributed by atoms with E-state index in [2.05, 4.69) is 24.3 Å². The summed E-state index contributed by atoms with van der Waals surface area (Å²) in [6.07, 6.45) is 0.900. The Morgan fingerprint density at radius 1 is 0.848 bits per heavy atom. The highest BCUT2D eigenvalue weighted by Crippen LogP contribution is 2.65. The number of benzene rings is 3. The third-order valence-corrected chi connectivity index (χ3v) is 8.59. The molecule has 0 spiro atoms. The summed E-state index contributed by atoms with van der Waals surface area (Å²) in [6, 6.07) is 27.3. The van der Waals surface area contributed by atoms with Crippen LogP contribution >= 0.6 is 23.4 Å². The number of nitro groups is 1. The largest absolute Gasteiger partial charge is 0.455 e. The zero-order valence-corrected chi connectivity index (χ0v) is 19.1. The Balaban J connectivity index is 1.45. The number of rotatable bonds is 5. The molecule has 4 nitrogen and oxygen atoms in total. The highest BCUT2D eigenvalue weighted by atomic mass is 35.5. The molecule has 2 bridgehead atoms. The first-order chi connectivity index (χ1) is 16.1. The second kappa shape index (κ2) is 8.08. The van der Waals surface area contributed by atoms with Gasteiger partial charge < -0.3 is 4.42 Å². The molecule has 0 unspecified atom stereocenters. The lowest BCUT2D eigenvalue weighted by atomic mass is 9.89. The van der Waals surface area contributed by atoms with E-state index in [1.165, 1.54) is 11.1 Å². The van der Waals surface area contributed by atoms with E-state index in [1.807, 2.05) is 48.5 Å². The Bertz CT molecular complexity index is 1320. The van der Waals surface area contributed by atoms with Crippen LogP contribution in [0.25, 0.3) is 22.6 Å². The number of thioether (sulfide) groups is 1. The van der Waals surface area contributed by atoms with Crippen LogP contribution in [0, 0.1) is 10.1 Å². The van der Waals surface area contributed by atoms with Crippen LogP contribution in [0.5, 0.6) is 0 Å². The lowest BCUT2D eigenvalue weighted by molar-refractivity contribution is -0.384. The minimum absolute atomic E-state index is 0.0294. The maximum Gasteiger partial charge on any atom is 0.269 e. The maximum absolute atomic E-state index is 11.0. The van der Waals surface area contributed by atoms with Crippen LogP contribution in [-0.2, 0) is 0 Å². The molecular weight excluding hydrogens is 454 g/mol. The summed E-state index contributed by atoms with van der Waals surface area (Å²) in [5, 5.41) is 11.3. The van der Waals surface area contributed by atoms with Crippen LogP contribution in [0.2, 0.25) is 0 Å². The second-order valence-electron chi connectivity index (χ2n) is 8.54. The summed E-state index contributed by atoms with van der Waals surface area (Å²) in [5.41, 5.74) is 4.76. The standard InChI is InChI=1S/C27H20ClNO3S/c28-21-15-20-22-24(23(21)27(20)33-19-13-11-18(12-14-19)29(30)31)26(17-9-5-2-6-10-17)32-25(22)16-7-3-1-4-8-16/h1-14,20-21,23,27H,15H2/t20-,21+,23+,27-/m0/s1. The van der Waals surface area contributed by atoms with Crippen LogP contribution in [0.15, 0.2) is 94.2 Å². The molecule has 1 fully saturated rings. The topological polar surface area (TPSA) is 56.3 Å². The van der Waals surface area contributed by atoms with E-state index in [0.717, 1.165) is 34.0 Å². The monoisotopic (exact) mass is 473 g/mol. The molecule has 6 heteroatoms. The summed E-state index contributed by atoms with van der Waals surface area (Å²) < 4.78 is 6.59. The van der Waals surface area contributed by atoms with Crippen molar-refractivity contribution in [3.63, 3.8) is 0 Å². The van der Waals surface area contributed by atoms with Gasteiger partial charge in [0.25, 0.3) is 5.69 Å². The molecule has 6 rings (SSSR count). The van der Waals surface area contributed by atoms with Gasteiger partial charge in [-0.25, -0.2) is 0 Å².